The Hall–Kier alpha value is -3.79. The van der Waals surface area contributed by atoms with Gasteiger partial charge in [0.25, 0.3) is 0 Å². The van der Waals surface area contributed by atoms with Crippen molar-refractivity contribution >= 4 is 21.3 Å². The fourth-order valence-electron chi connectivity index (χ4n) is 6.31. The molecule has 2 bridgehead atoms. The summed E-state index contributed by atoms with van der Waals surface area (Å²) < 4.78 is 43.8. The first-order chi connectivity index (χ1) is 18.0. The van der Waals surface area contributed by atoms with Crippen LogP contribution in [0.4, 0.5) is 14.5 Å². The summed E-state index contributed by atoms with van der Waals surface area (Å²) in [6.45, 7) is 4.37. The van der Waals surface area contributed by atoms with Crippen LogP contribution in [0.1, 0.15) is 49.6 Å². The maximum atomic E-state index is 14.5. The van der Waals surface area contributed by atoms with E-state index in [9.17, 15) is 13.0 Å². The molecule has 2 aliphatic rings. The fraction of sp³-hybridized carbons (Fsp3) is 0.286. The van der Waals surface area contributed by atoms with Crippen LogP contribution in [0.2, 0.25) is 0 Å². The Bertz CT molecular complexity index is 1670. The number of anilines is 1. The molecule has 0 saturated heterocycles. The summed E-state index contributed by atoms with van der Waals surface area (Å²) in [5.74, 6) is 2.40. The van der Waals surface area contributed by atoms with Crippen LogP contribution in [0.5, 0.6) is 0 Å². The van der Waals surface area contributed by atoms with Gasteiger partial charge in [0.15, 0.2) is 0 Å². The molecule has 1 unspecified atom stereocenters. The molecule has 0 spiro atoms. The predicted molar refractivity (Wildman–Crippen MR) is 144 cm³/mol. The van der Waals surface area contributed by atoms with Gasteiger partial charge in [0.05, 0.1) is 51.8 Å². The van der Waals surface area contributed by atoms with Crippen LogP contribution in [0, 0.1) is 17.0 Å². The Morgan fingerprint density at radius 1 is 1.03 bits per heavy atom. The lowest BCUT2D eigenvalue weighted by Gasteiger charge is -2.37. The molecule has 1 saturated carbocycles. The van der Waals surface area contributed by atoms with Gasteiger partial charge in [-0.25, -0.2) is 18.0 Å². The molecule has 3 heterocycles. The first-order valence-electron chi connectivity index (χ1n) is 12.2. The van der Waals surface area contributed by atoms with Crippen molar-refractivity contribution in [1.82, 2.24) is 25.1 Å². The van der Waals surface area contributed by atoms with Crippen LogP contribution in [0.3, 0.4) is 0 Å². The normalized spacial score (nSPS) is 22.6. The monoisotopic (exact) mass is 532 g/mol. The van der Waals surface area contributed by atoms with Crippen molar-refractivity contribution in [3.63, 3.8) is 0 Å². The summed E-state index contributed by atoms with van der Waals surface area (Å²) in [4.78, 5) is 14.0. The number of hydrogen-bond donors (Lipinski definition) is 1. The van der Waals surface area contributed by atoms with Crippen LogP contribution < -0.4 is 4.72 Å². The van der Waals surface area contributed by atoms with Gasteiger partial charge in [-0.2, -0.15) is 5.10 Å². The third kappa shape index (κ3) is 3.61. The first-order valence-corrected chi connectivity index (χ1v) is 14.4. The molecule has 194 valence electrons. The second-order valence-corrected chi connectivity index (χ2v) is 12.9. The molecule has 0 amide bonds. The molecule has 1 aromatic carbocycles. The van der Waals surface area contributed by atoms with Crippen LogP contribution in [-0.2, 0) is 15.1 Å². The zero-order valence-electron chi connectivity index (χ0n) is 21.2. The zero-order chi connectivity index (χ0) is 26.9. The van der Waals surface area contributed by atoms with Gasteiger partial charge in [-0.15, -0.1) is 5.10 Å². The van der Waals surface area contributed by atoms with E-state index in [-0.39, 0.29) is 22.6 Å². The highest BCUT2D eigenvalue weighted by Crippen LogP contribution is 2.69. The lowest BCUT2D eigenvalue weighted by atomic mass is 9.66. The van der Waals surface area contributed by atoms with Crippen LogP contribution in [0.15, 0.2) is 55.0 Å². The van der Waals surface area contributed by atoms with Crippen molar-refractivity contribution < 1.29 is 13.0 Å². The quantitative estimate of drug-likeness (QED) is 0.358. The molecule has 6 rings (SSSR count). The molecule has 0 aliphatic heterocycles. The number of hydrogen-bond acceptors (Lipinski definition) is 6. The van der Waals surface area contributed by atoms with E-state index >= 15 is 0 Å². The number of nitrogens with zero attached hydrogens (tertiary/aromatic N) is 5. The smallest absolute Gasteiger partial charge is 0.135 e. The molecule has 10 heteroatoms. The first kappa shape index (κ1) is 24.5. The molecule has 0 radical (unpaired) electrons. The van der Waals surface area contributed by atoms with Gasteiger partial charge in [-0.3, -0.25) is 9.97 Å². The van der Waals surface area contributed by atoms with E-state index in [0.29, 0.717) is 17.1 Å². The van der Waals surface area contributed by atoms with Crippen LogP contribution in [0.25, 0.3) is 22.6 Å². The second kappa shape index (κ2) is 8.36. The summed E-state index contributed by atoms with van der Waals surface area (Å²) in [5, 5.41) is 8.87. The highest BCUT2D eigenvalue weighted by atomic mass is 32.2. The van der Waals surface area contributed by atoms with Gasteiger partial charge >= 0.3 is 0 Å². The van der Waals surface area contributed by atoms with E-state index in [2.05, 4.69) is 44.6 Å². The van der Waals surface area contributed by atoms with E-state index in [0.717, 1.165) is 29.8 Å². The van der Waals surface area contributed by atoms with Crippen molar-refractivity contribution in [3.05, 3.63) is 83.6 Å². The number of aromatic nitrogens is 5. The van der Waals surface area contributed by atoms with E-state index in [4.69, 9.17) is 4.98 Å². The SMILES string of the molecule is C=S(C)(=O)Nc1ccc(-c2cncc([C@@]34CC[C@@H](c5cc(-c6c(F)cccc6F)nnc53)C4(C)C)n2)nc1. The van der Waals surface area contributed by atoms with Gasteiger partial charge in [-0.05, 0) is 65.9 Å². The molecule has 38 heavy (non-hydrogen) atoms. The minimum Gasteiger partial charge on any atom is -0.312 e. The molecule has 1 N–H and O–H groups in total. The van der Waals surface area contributed by atoms with Gasteiger partial charge in [0.2, 0.25) is 0 Å². The van der Waals surface area contributed by atoms with E-state index < -0.39 is 26.8 Å². The lowest BCUT2D eigenvalue weighted by molar-refractivity contribution is 0.242. The summed E-state index contributed by atoms with van der Waals surface area (Å²) >= 11 is 0. The van der Waals surface area contributed by atoms with Crippen molar-refractivity contribution in [2.24, 2.45) is 5.41 Å². The Kier molecular flexibility index (Phi) is 5.40. The van der Waals surface area contributed by atoms with E-state index in [1.165, 1.54) is 24.5 Å². The van der Waals surface area contributed by atoms with Crippen LogP contribution in [-0.4, -0.2) is 41.5 Å². The standard InChI is InChI=1S/C28H26F2N6OS/c1-27(2)18-10-11-28(27,26-17(18)12-22(34-35-26)25-19(29)6-5-7-20(25)30)24-15-31-14-23(33-24)21-9-8-16(13-32-21)36-38(3,4)37/h5-9,12-15,18H,3,10-11H2,1-2,4H3,(H,36,37)/t18-,28-,38?/m0/s1. The van der Waals surface area contributed by atoms with E-state index in [1.807, 2.05) is 0 Å². The number of rotatable bonds is 5. The van der Waals surface area contributed by atoms with Crippen molar-refractivity contribution in [1.29, 1.82) is 0 Å². The third-order valence-electron chi connectivity index (χ3n) is 8.03. The Labute approximate surface area is 220 Å². The maximum absolute atomic E-state index is 14.5. The van der Waals surface area contributed by atoms with Crippen LogP contribution >= 0.6 is 0 Å². The molecule has 4 aromatic rings. The Morgan fingerprint density at radius 2 is 1.79 bits per heavy atom. The highest BCUT2D eigenvalue weighted by Gasteiger charge is 2.65. The molecule has 3 aromatic heterocycles. The van der Waals surface area contributed by atoms with Gasteiger partial charge in [0.1, 0.15) is 17.3 Å². The lowest BCUT2D eigenvalue weighted by Crippen LogP contribution is -2.38. The molecular weight excluding hydrogens is 506 g/mol. The molecule has 2 aliphatic carbocycles. The summed E-state index contributed by atoms with van der Waals surface area (Å²) in [7, 11) is -2.42. The molecular formula is C28H26F2N6OS. The summed E-state index contributed by atoms with van der Waals surface area (Å²) in [6.07, 6.45) is 8.22. The molecule has 1 fully saturated rings. The van der Waals surface area contributed by atoms with E-state index in [1.54, 1.807) is 36.8 Å². The van der Waals surface area contributed by atoms with Crippen molar-refractivity contribution in [2.75, 3.05) is 11.0 Å². The molecule has 3 atom stereocenters. The minimum absolute atomic E-state index is 0.127. The zero-order valence-corrected chi connectivity index (χ0v) is 22.0. The Morgan fingerprint density at radius 3 is 2.47 bits per heavy atom. The average molecular weight is 533 g/mol. The average Bonchev–Trinajstić information content (AvgIpc) is 3.24. The highest BCUT2D eigenvalue weighted by molar-refractivity contribution is 8.00. The topological polar surface area (TPSA) is 93.6 Å². The third-order valence-corrected chi connectivity index (χ3v) is 8.70. The summed E-state index contributed by atoms with van der Waals surface area (Å²) in [6, 6.07) is 9.14. The van der Waals surface area contributed by atoms with Crippen molar-refractivity contribution in [3.8, 4) is 22.6 Å². The van der Waals surface area contributed by atoms with Gasteiger partial charge in [-0.1, -0.05) is 19.9 Å². The van der Waals surface area contributed by atoms with Gasteiger partial charge in [0, 0.05) is 22.2 Å². The fourth-order valence-corrected chi connectivity index (χ4v) is 6.93. The maximum Gasteiger partial charge on any atom is 0.135 e. The summed E-state index contributed by atoms with van der Waals surface area (Å²) in [5.41, 5.74) is 3.50. The number of pyridine rings is 1. The number of nitrogens with one attached hydrogen (secondary N) is 1. The number of halogens is 2. The van der Waals surface area contributed by atoms with Crippen molar-refractivity contribution in [2.45, 2.75) is 38.0 Å². The molecule has 7 nitrogen and oxygen atoms in total. The number of benzene rings is 1. The van der Waals surface area contributed by atoms with Gasteiger partial charge < -0.3 is 4.72 Å². The Balaban J connectivity index is 1.43. The minimum atomic E-state index is -2.42. The predicted octanol–water partition coefficient (Wildman–Crippen LogP) is 5.15. The second-order valence-electron chi connectivity index (χ2n) is 10.7. The number of fused-ring (bicyclic) bond motifs is 5. The largest absolute Gasteiger partial charge is 0.312 e.